The molecule has 0 atom stereocenters. The average molecular weight is 235 g/mol. The lowest BCUT2D eigenvalue weighted by molar-refractivity contribution is 0.630. The Bertz CT molecular complexity index is 495. The molecule has 0 bridgehead atoms. The molecule has 3 nitrogen and oxygen atoms in total. The van der Waals surface area contributed by atoms with Crippen LogP contribution in [0.25, 0.3) is 11.4 Å². The molecule has 0 saturated carbocycles. The first kappa shape index (κ1) is 10.9. The Kier molecular flexibility index (Phi) is 3.36. The van der Waals surface area contributed by atoms with Crippen LogP contribution in [0.4, 0.5) is 4.39 Å². The highest BCUT2D eigenvalue weighted by atomic mass is 32.2. The molecule has 1 heterocycles. The fourth-order valence-corrected chi connectivity index (χ4v) is 1.75. The van der Waals surface area contributed by atoms with E-state index in [0.29, 0.717) is 16.5 Å². The maximum Gasteiger partial charge on any atom is 0.209 e. The first-order valence-corrected chi connectivity index (χ1v) is 5.71. The number of halogens is 1. The SMILES string of the molecule is C=CCSc1n[nH]c(-c2ccccc2F)n1. The molecule has 0 aliphatic carbocycles. The molecule has 0 saturated heterocycles. The number of thioether (sulfide) groups is 1. The van der Waals surface area contributed by atoms with Crippen LogP contribution in [-0.4, -0.2) is 20.9 Å². The van der Waals surface area contributed by atoms with Gasteiger partial charge in [-0.2, -0.15) is 0 Å². The van der Waals surface area contributed by atoms with Crippen molar-refractivity contribution in [2.45, 2.75) is 5.16 Å². The van der Waals surface area contributed by atoms with Gasteiger partial charge >= 0.3 is 0 Å². The second kappa shape index (κ2) is 4.94. The van der Waals surface area contributed by atoms with Gasteiger partial charge in [0.2, 0.25) is 5.16 Å². The fourth-order valence-electron chi connectivity index (χ4n) is 1.22. The summed E-state index contributed by atoms with van der Waals surface area (Å²) in [4.78, 5) is 4.19. The zero-order valence-corrected chi connectivity index (χ0v) is 9.30. The number of aromatic nitrogens is 3. The zero-order valence-electron chi connectivity index (χ0n) is 8.48. The fraction of sp³-hybridized carbons (Fsp3) is 0.0909. The van der Waals surface area contributed by atoms with Crippen molar-refractivity contribution in [3.05, 3.63) is 42.7 Å². The van der Waals surface area contributed by atoms with Gasteiger partial charge in [0.05, 0.1) is 5.56 Å². The molecule has 0 aliphatic rings. The third kappa shape index (κ3) is 2.30. The standard InChI is InChI=1S/C11H10FN3S/c1-2-7-16-11-13-10(14-15-11)8-5-3-4-6-9(8)12/h2-6H,1,7H2,(H,13,14,15). The lowest BCUT2D eigenvalue weighted by Crippen LogP contribution is -1.85. The summed E-state index contributed by atoms with van der Waals surface area (Å²) in [6.07, 6.45) is 1.77. The first-order chi connectivity index (χ1) is 7.81. The lowest BCUT2D eigenvalue weighted by Gasteiger charge is -1.96. The summed E-state index contributed by atoms with van der Waals surface area (Å²) in [6, 6.07) is 6.46. The molecule has 2 rings (SSSR count). The molecule has 1 aromatic carbocycles. The lowest BCUT2D eigenvalue weighted by atomic mass is 10.2. The third-order valence-electron chi connectivity index (χ3n) is 1.92. The molecule has 2 aromatic rings. The molecule has 0 unspecified atom stereocenters. The Morgan fingerprint density at radius 1 is 1.44 bits per heavy atom. The van der Waals surface area contributed by atoms with E-state index in [1.807, 2.05) is 0 Å². The van der Waals surface area contributed by atoms with E-state index in [0.717, 1.165) is 5.75 Å². The van der Waals surface area contributed by atoms with Crippen LogP contribution >= 0.6 is 11.8 Å². The van der Waals surface area contributed by atoms with Crippen LogP contribution in [0.3, 0.4) is 0 Å². The van der Waals surface area contributed by atoms with Crippen molar-refractivity contribution in [2.24, 2.45) is 0 Å². The number of hydrogen-bond donors (Lipinski definition) is 1. The minimum absolute atomic E-state index is 0.307. The summed E-state index contributed by atoms with van der Waals surface area (Å²) in [6.45, 7) is 3.61. The van der Waals surface area contributed by atoms with Crippen LogP contribution in [0, 0.1) is 5.82 Å². The molecule has 1 N–H and O–H groups in total. The Hall–Kier alpha value is -1.62. The maximum atomic E-state index is 13.4. The van der Waals surface area contributed by atoms with Gasteiger partial charge in [0, 0.05) is 5.75 Å². The normalized spacial score (nSPS) is 10.3. The van der Waals surface area contributed by atoms with E-state index in [1.165, 1.54) is 17.8 Å². The van der Waals surface area contributed by atoms with Crippen molar-refractivity contribution in [1.29, 1.82) is 0 Å². The van der Waals surface area contributed by atoms with Gasteiger partial charge in [-0.15, -0.1) is 11.7 Å². The van der Waals surface area contributed by atoms with Gasteiger partial charge in [-0.25, -0.2) is 9.37 Å². The predicted octanol–water partition coefficient (Wildman–Crippen LogP) is 2.89. The van der Waals surface area contributed by atoms with Crippen LogP contribution in [0.2, 0.25) is 0 Å². The molecular weight excluding hydrogens is 225 g/mol. The molecule has 16 heavy (non-hydrogen) atoms. The minimum atomic E-state index is -0.307. The highest BCUT2D eigenvalue weighted by Crippen LogP contribution is 2.21. The van der Waals surface area contributed by atoms with Crippen molar-refractivity contribution >= 4 is 11.8 Å². The van der Waals surface area contributed by atoms with Crippen molar-refractivity contribution in [3.8, 4) is 11.4 Å². The van der Waals surface area contributed by atoms with Crippen molar-refractivity contribution in [1.82, 2.24) is 15.2 Å². The van der Waals surface area contributed by atoms with E-state index in [-0.39, 0.29) is 5.82 Å². The second-order valence-electron chi connectivity index (χ2n) is 3.05. The van der Waals surface area contributed by atoms with Crippen molar-refractivity contribution in [2.75, 3.05) is 5.75 Å². The predicted molar refractivity (Wildman–Crippen MR) is 62.7 cm³/mol. The minimum Gasteiger partial charge on any atom is -0.258 e. The molecule has 1 aromatic heterocycles. The van der Waals surface area contributed by atoms with Gasteiger partial charge in [-0.1, -0.05) is 30.0 Å². The summed E-state index contributed by atoms with van der Waals surface area (Å²) in [7, 11) is 0. The van der Waals surface area contributed by atoms with Crippen LogP contribution < -0.4 is 0 Å². The van der Waals surface area contributed by atoms with Crippen LogP contribution in [0.15, 0.2) is 42.1 Å². The van der Waals surface area contributed by atoms with E-state index in [9.17, 15) is 4.39 Å². The molecule has 0 spiro atoms. The smallest absolute Gasteiger partial charge is 0.209 e. The van der Waals surface area contributed by atoms with E-state index >= 15 is 0 Å². The average Bonchev–Trinajstić information content (AvgIpc) is 2.75. The highest BCUT2D eigenvalue weighted by Gasteiger charge is 2.09. The van der Waals surface area contributed by atoms with E-state index in [2.05, 4.69) is 21.8 Å². The van der Waals surface area contributed by atoms with Crippen molar-refractivity contribution in [3.63, 3.8) is 0 Å². The Labute approximate surface area is 96.8 Å². The van der Waals surface area contributed by atoms with Gasteiger partial charge in [-0.3, -0.25) is 5.10 Å². The highest BCUT2D eigenvalue weighted by molar-refractivity contribution is 7.99. The topological polar surface area (TPSA) is 41.6 Å². The quantitative estimate of drug-likeness (QED) is 0.654. The number of aromatic amines is 1. The molecule has 82 valence electrons. The Balaban J connectivity index is 2.25. The largest absolute Gasteiger partial charge is 0.258 e. The summed E-state index contributed by atoms with van der Waals surface area (Å²) in [5, 5.41) is 7.29. The Morgan fingerprint density at radius 2 is 2.25 bits per heavy atom. The Morgan fingerprint density at radius 3 is 3.00 bits per heavy atom. The number of benzene rings is 1. The summed E-state index contributed by atoms with van der Waals surface area (Å²) >= 11 is 1.45. The van der Waals surface area contributed by atoms with Crippen LogP contribution in [0.5, 0.6) is 0 Å². The van der Waals surface area contributed by atoms with Gasteiger partial charge in [0.15, 0.2) is 5.82 Å². The number of nitrogens with zero attached hydrogens (tertiary/aromatic N) is 2. The number of hydrogen-bond acceptors (Lipinski definition) is 3. The number of H-pyrrole nitrogens is 1. The molecule has 0 aliphatic heterocycles. The summed E-state index contributed by atoms with van der Waals surface area (Å²) in [5.74, 6) is 0.873. The summed E-state index contributed by atoms with van der Waals surface area (Å²) in [5.41, 5.74) is 0.431. The molecule has 5 heteroatoms. The van der Waals surface area contributed by atoms with Gasteiger partial charge in [-0.05, 0) is 12.1 Å². The van der Waals surface area contributed by atoms with Crippen LogP contribution in [0.1, 0.15) is 0 Å². The number of nitrogens with one attached hydrogen (secondary N) is 1. The molecule has 0 amide bonds. The van der Waals surface area contributed by atoms with Gasteiger partial charge in [0.25, 0.3) is 0 Å². The third-order valence-corrected chi connectivity index (χ3v) is 2.77. The van der Waals surface area contributed by atoms with Crippen molar-refractivity contribution < 1.29 is 4.39 Å². The zero-order chi connectivity index (χ0) is 11.4. The monoisotopic (exact) mass is 235 g/mol. The molecule has 0 fully saturated rings. The summed E-state index contributed by atoms with van der Waals surface area (Å²) < 4.78 is 13.4. The molecule has 0 radical (unpaired) electrons. The van der Waals surface area contributed by atoms with E-state index in [1.54, 1.807) is 24.3 Å². The van der Waals surface area contributed by atoms with Gasteiger partial charge in [0.1, 0.15) is 5.82 Å². The van der Waals surface area contributed by atoms with E-state index in [4.69, 9.17) is 0 Å². The maximum absolute atomic E-state index is 13.4. The van der Waals surface area contributed by atoms with Gasteiger partial charge < -0.3 is 0 Å². The second-order valence-corrected chi connectivity index (χ2v) is 4.03. The van der Waals surface area contributed by atoms with Crippen LogP contribution in [-0.2, 0) is 0 Å². The first-order valence-electron chi connectivity index (χ1n) is 4.72. The number of rotatable bonds is 4. The van der Waals surface area contributed by atoms with E-state index < -0.39 is 0 Å². The molecular formula is C11H10FN3S.